The van der Waals surface area contributed by atoms with Crippen molar-refractivity contribution >= 4 is 44.6 Å². The largest absolute Gasteiger partial charge is 0.322 e. The van der Waals surface area contributed by atoms with E-state index in [0.717, 1.165) is 29.9 Å². The van der Waals surface area contributed by atoms with Crippen LogP contribution in [0.1, 0.15) is 35.7 Å². The van der Waals surface area contributed by atoms with Gasteiger partial charge in [0, 0.05) is 28.9 Å². The summed E-state index contributed by atoms with van der Waals surface area (Å²) in [7, 11) is -3.80. The van der Waals surface area contributed by atoms with Crippen LogP contribution < -0.4 is 15.8 Å². The lowest BCUT2D eigenvalue weighted by Crippen LogP contribution is -2.10. The first kappa shape index (κ1) is 18.5. The second-order valence-corrected chi connectivity index (χ2v) is 9.28. The zero-order valence-electron chi connectivity index (χ0n) is 14.8. The molecule has 12 heteroatoms. The number of carbonyl (C=O) groups excluding carboxylic acids is 1. The Morgan fingerprint density at radius 1 is 1.39 bits per heavy atom. The van der Waals surface area contributed by atoms with Crippen LogP contribution in [0.3, 0.4) is 0 Å². The number of primary sulfonamides is 1. The highest BCUT2D eigenvalue weighted by Gasteiger charge is 2.25. The van der Waals surface area contributed by atoms with Crippen molar-refractivity contribution < 1.29 is 17.5 Å². The zero-order valence-corrected chi connectivity index (χ0v) is 16.4. The highest BCUT2D eigenvalue weighted by atomic mass is 32.2. The molecule has 0 bridgehead atoms. The van der Waals surface area contributed by atoms with Crippen LogP contribution in [0.5, 0.6) is 0 Å². The number of H-pyrrole nitrogens is 1. The summed E-state index contributed by atoms with van der Waals surface area (Å²) < 4.78 is 23.0. The molecule has 3 aromatic rings. The van der Waals surface area contributed by atoms with E-state index in [1.165, 1.54) is 19.2 Å². The van der Waals surface area contributed by atoms with Crippen molar-refractivity contribution in [1.82, 2.24) is 20.2 Å². The Morgan fingerprint density at radius 3 is 2.82 bits per heavy atom. The molecule has 3 heterocycles. The van der Waals surface area contributed by atoms with Gasteiger partial charge in [-0.3, -0.25) is 9.89 Å². The van der Waals surface area contributed by atoms with E-state index in [1.807, 2.05) is 6.07 Å². The van der Waals surface area contributed by atoms with E-state index >= 15 is 0 Å². The number of aromatic nitrogens is 4. The second-order valence-electron chi connectivity index (χ2n) is 6.41. The summed E-state index contributed by atoms with van der Waals surface area (Å²) in [5.74, 6) is 1.46. The average Bonchev–Trinajstić information content (AvgIpc) is 3.15. The molecule has 152 valence electrons. The lowest BCUT2D eigenvalue weighted by molar-refractivity contribution is -0.114. The predicted octanol–water partition coefficient (Wildman–Crippen LogP) is 2.89. The number of anilines is 3. The number of carbonyl (C=O) groups is 1. The maximum Gasteiger partial charge on any atom is 0.247 e. The molecule has 0 atom stereocenters. The van der Waals surface area contributed by atoms with Gasteiger partial charge in [-0.05, 0) is 25.0 Å². The van der Waals surface area contributed by atoms with Gasteiger partial charge in [0.05, 0.1) is 11.1 Å². The number of thiophene rings is 1. The molecule has 0 unspecified atom stereocenters. The van der Waals surface area contributed by atoms with Crippen LogP contribution in [0, 0.1) is 0 Å². The number of hydrogen-bond acceptors (Lipinski definition) is 8. The normalized spacial score (nSPS) is 14.1. The van der Waals surface area contributed by atoms with Gasteiger partial charge in [0.2, 0.25) is 15.9 Å². The maximum absolute atomic E-state index is 11.5. The summed E-state index contributed by atoms with van der Waals surface area (Å²) >= 11 is 0.969. The van der Waals surface area contributed by atoms with Crippen molar-refractivity contribution in [2.45, 2.75) is 29.9 Å². The molecule has 1 aliphatic carbocycles. The highest BCUT2D eigenvalue weighted by molar-refractivity contribution is 7.91. The molecule has 0 spiro atoms. The van der Waals surface area contributed by atoms with Crippen LogP contribution in [0.25, 0.3) is 10.7 Å². The van der Waals surface area contributed by atoms with Crippen LogP contribution in [-0.2, 0) is 14.8 Å². The third-order valence-corrected chi connectivity index (χ3v) is 6.56. The Morgan fingerprint density at radius 2 is 2.18 bits per heavy atom. The van der Waals surface area contributed by atoms with Crippen molar-refractivity contribution in [2.75, 3.05) is 10.6 Å². The third kappa shape index (κ3) is 4.03. The lowest BCUT2D eigenvalue weighted by atomic mass is 10.3. The van der Waals surface area contributed by atoms with Crippen molar-refractivity contribution in [1.29, 1.82) is 0 Å². The fraction of sp³-hybridized carbons (Fsp3) is 0.250. The number of hydrogen-bond donors (Lipinski definition) is 4. The molecule has 0 aromatic carbocycles. The summed E-state index contributed by atoms with van der Waals surface area (Å²) in [4.78, 5) is 20.7. The smallest absolute Gasteiger partial charge is 0.247 e. The molecule has 1 amide bonds. The van der Waals surface area contributed by atoms with Crippen molar-refractivity contribution in [3.8, 4) is 10.7 Å². The minimum atomic E-state index is -3.80. The standard InChI is InChI=1S/C16H17N7O3S2.3H2/c1-8(24)19-11-7-18-16(12-4-5-14(27-12)28(17,25)26)21-15(11)20-13-6-10(22-23-13)9-2-3-9;;;/h4-7,9H,2-3H2,1H3,(H,19,24)(H2,17,25,26)(H2,18,20,21,22,23);3*1H. The van der Waals surface area contributed by atoms with E-state index < -0.39 is 10.0 Å². The van der Waals surface area contributed by atoms with E-state index in [0.29, 0.717) is 33.9 Å². The van der Waals surface area contributed by atoms with Crippen LogP contribution in [0.2, 0.25) is 0 Å². The summed E-state index contributed by atoms with van der Waals surface area (Å²) in [5, 5.41) is 18.1. The number of amides is 1. The Kier molecular flexibility index (Phi) is 4.61. The number of nitrogens with two attached hydrogens (primary N) is 1. The number of sulfonamides is 1. The van der Waals surface area contributed by atoms with Crippen molar-refractivity contribution in [2.24, 2.45) is 5.14 Å². The van der Waals surface area contributed by atoms with Gasteiger partial charge in [-0.1, -0.05) is 0 Å². The molecule has 0 radical (unpaired) electrons. The first-order chi connectivity index (χ1) is 13.3. The molecule has 1 aliphatic rings. The number of rotatable bonds is 6. The quantitative estimate of drug-likeness (QED) is 0.473. The topological polar surface area (TPSA) is 156 Å². The van der Waals surface area contributed by atoms with Gasteiger partial charge in [0.1, 0.15) is 9.90 Å². The fourth-order valence-corrected chi connectivity index (χ4v) is 4.27. The molecule has 10 nitrogen and oxygen atoms in total. The number of nitrogens with one attached hydrogen (secondary N) is 3. The lowest BCUT2D eigenvalue weighted by Gasteiger charge is -2.10. The van der Waals surface area contributed by atoms with E-state index in [9.17, 15) is 13.2 Å². The molecule has 28 heavy (non-hydrogen) atoms. The van der Waals surface area contributed by atoms with Gasteiger partial charge in [-0.2, -0.15) is 5.10 Å². The number of aromatic amines is 1. The van der Waals surface area contributed by atoms with Crippen LogP contribution in [-0.4, -0.2) is 34.5 Å². The summed E-state index contributed by atoms with van der Waals surface area (Å²) in [6.07, 6.45) is 3.74. The molecule has 1 saturated carbocycles. The van der Waals surface area contributed by atoms with Gasteiger partial charge < -0.3 is 10.6 Å². The maximum atomic E-state index is 11.5. The third-order valence-electron chi connectivity index (χ3n) is 4.04. The van der Waals surface area contributed by atoms with Crippen LogP contribution >= 0.6 is 11.3 Å². The molecule has 5 N–H and O–H groups in total. The van der Waals surface area contributed by atoms with E-state index in [-0.39, 0.29) is 14.4 Å². The molecule has 4 rings (SSSR count). The van der Waals surface area contributed by atoms with Gasteiger partial charge in [0.15, 0.2) is 17.5 Å². The first-order valence-electron chi connectivity index (χ1n) is 8.39. The summed E-state index contributed by atoms with van der Waals surface area (Å²) in [6, 6.07) is 4.89. The van der Waals surface area contributed by atoms with Crippen molar-refractivity contribution in [3.05, 3.63) is 30.1 Å². The van der Waals surface area contributed by atoms with Crippen LogP contribution in [0.4, 0.5) is 17.3 Å². The zero-order chi connectivity index (χ0) is 19.9. The Balaban J connectivity index is 0.00000160. The molecule has 0 saturated heterocycles. The van der Waals surface area contributed by atoms with E-state index in [4.69, 9.17) is 5.14 Å². The van der Waals surface area contributed by atoms with Crippen molar-refractivity contribution in [3.63, 3.8) is 0 Å². The number of nitrogens with zero attached hydrogens (tertiary/aromatic N) is 3. The molecule has 0 aliphatic heterocycles. The predicted molar refractivity (Wildman–Crippen MR) is 111 cm³/mol. The van der Waals surface area contributed by atoms with Gasteiger partial charge >= 0.3 is 0 Å². The van der Waals surface area contributed by atoms with E-state index in [2.05, 4.69) is 30.8 Å². The van der Waals surface area contributed by atoms with Gasteiger partial charge in [-0.25, -0.2) is 23.5 Å². The average molecular weight is 426 g/mol. The van der Waals surface area contributed by atoms with E-state index in [1.54, 1.807) is 6.07 Å². The SMILES string of the molecule is CC(=O)Nc1cnc(-c2ccc(S(N)(=O)=O)s2)nc1Nc1cc(C2CC2)[nH]n1.[HH].[HH].[HH]. The first-order valence-corrected chi connectivity index (χ1v) is 10.8. The monoisotopic (exact) mass is 425 g/mol. The minimum Gasteiger partial charge on any atom is -0.322 e. The summed E-state index contributed by atoms with van der Waals surface area (Å²) in [5.41, 5.74) is 1.43. The Hall–Kier alpha value is -2.83. The molecule has 1 fully saturated rings. The van der Waals surface area contributed by atoms with Gasteiger partial charge in [-0.15, -0.1) is 11.3 Å². The summed E-state index contributed by atoms with van der Waals surface area (Å²) in [6.45, 7) is 1.38. The highest BCUT2D eigenvalue weighted by Crippen LogP contribution is 2.40. The molecular formula is C16H23N7O3S2. The van der Waals surface area contributed by atoms with Gasteiger partial charge in [0.25, 0.3) is 0 Å². The fourth-order valence-electron chi connectivity index (χ4n) is 2.60. The molecular weight excluding hydrogens is 402 g/mol. The minimum absolute atomic E-state index is 0. The Bertz CT molecular complexity index is 1160. The second kappa shape index (κ2) is 6.96. The van der Waals surface area contributed by atoms with Crippen LogP contribution in [0.15, 0.2) is 28.6 Å². The molecule has 3 aromatic heterocycles. The Labute approximate surface area is 169 Å².